The molecule has 1 aromatic carbocycles. The minimum Gasteiger partial charge on any atom is -0.336 e. The fraction of sp³-hybridized carbons (Fsp3) is 0.389. The van der Waals surface area contributed by atoms with Crippen LogP contribution in [0.15, 0.2) is 30.6 Å². The molecule has 0 unspecified atom stereocenters. The van der Waals surface area contributed by atoms with E-state index in [2.05, 4.69) is 38.0 Å². The van der Waals surface area contributed by atoms with Gasteiger partial charge in [0.15, 0.2) is 0 Å². The summed E-state index contributed by atoms with van der Waals surface area (Å²) in [6, 6.07) is 5.25. The third kappa shape index (κ3) is 4.30. The first-order valence-corrected chi connectivity index (χ1v) is 8.87. The zero-order valence-electron chi connectivity index (χ0n) is 16.0. The largest absolute Gasteiger partial charge is 0.336 e. The minimum absolute atomic E-state index is 0.153. The van der Waals surface area contributed by atoms with Gasteiger partial charge in [0.25, 0.3) is 0 Å². The summed E-state index contributed by atoms with van der Waals surface area (Å²) in [7, 11) is 3.63. The lowest BCUT2D eigenvalue weighted by Crippen LogP contribution is -2.34. The van der Waals surface area contributed by atoms with Crippen molar-refractivity contribution < 1.29 is 4.79 Å². The zero-order chi connectivity index (χ0) is 19.4. The lowest BCUT2D eigenvalue weighted by Gasteiger charge is -2.19. The molecule has 0 saturated carbocycles. The second-order valence-electron chi connectivity index (χ2n) is 6.47. The van der Waals surface area contributed by atoms with Crippen LogP contribution in [0.25, 0.3) is 11.4 Å². The number of anilines is 1. The maximum atomic E-state index is 12.6. The SMILES string of the molecule is CCC[C@@H](NC(=O)Nc1cc(-c2nnn(C)n2)ccc1C)c1nccn1C. The first kappa shape index (κ1) is 18.6. The Hall–Kier alpha value is -3.23. The average molecular weight is 368 g/mol. The molecule has 2 amide bonds. The van der Waals surface area contributed by atoms with E-state index in [1.165, 1.54) is 4.80 Å². The monoisotopic (exact) mass is 368 g/mol. The molecule has 0 spiro atoms. The fourth-order valence-electron chi connectivity index (χ4n) is 2.88. The molecule has 0 aliphatic heterocycles. The van der Waals surface area contributed by atoms with Crippen LogP contribution < -0.4 is 10.6 Å². The summed E-state index contributed by atoms with van der Waals surface area (Å²) in [6.07, 6.45) is 5.35. The number of carbonyl (C=O) groups excluding carboxylic acids is 1. The Bertz CT molecular complexity index is 929. The number of hydrogen-bond acceptors (Lipinski definition) is 5. The van der Waals surface area contributed by atoms with Gasteiger partial charge in [0.2, 0.25) is 5.82 Å². The van der Waals surface area contributed by atoms with Crippen molar-refractivity contribution in [1.82, 2.24) is 35.1 Å². The molecule has 2 N–H and O–H groups in total. The van der Waals surface area contributed by atoms with Crippen molar-refractivity contribution in [2.24, 2.45) is 14.1 Å². The van der Waals surface area contributed by atoms with Crippen molar-refractivity contribution in [2.45, 2.75) is 32.7 Å². The van der Waals surface area contributed by atoms with Gasteiger partial charge in [-0.05, 0) is 30.2 Å². The Morgan fingerprint density at radius 1 is 1.30 bits per heavy atom. The Morgan fingerprint density at radius 3 is 2.74 bits per heavy atom. The number of hydrogen-bond donors (Lipinski definition) is 2. The van der Waals surface area contributed by atoms with Crippen molar-refractivity contribution in [3.8, 4) is 11.4 Å². The van der Waals surface area contributed by atoms with E-state index in [1.54, 1.807) is 13.2 Å². The molecule has 0 fully saturated rings. The predicted molar refractivity (Wildman–Crippen MR) is 102 cm³/mol. The van der Waals surface area contributed by atoms with Gasteiger partial charge in [0.1, 0.15) is 5.82 Å². The van der Waals surface area contributed by atoms with Gasteiger partial charge in [0, 0.05) is 30.7 Å². The molecular weight excluding hydrogens is 344 g/mol. The molecule has 0 saturated heterocycles. The van der Waals surface area contributed by atoms with Crippen molar-refractivity contribution >= 4 is 11.7 Å². The molecule has 0 aliphatic rings. The highest BCUT2D eigenvalue weighted by atomic mass is 16.2. The van der Waals surface area contributed by atoms with Crippen LogP contribution in [-0.4, -0.2) is 35.8 Å². The van der Waals surface area contributed by atoms with Gasteiger partial charge in [-0.25, -0.2) is 9.78 Å². The number of rotatable bonds is 6. The predicted octanol–water partition coefficient (Wildman–Crippen LogP) is 2.58. The van der Waals surface area contributed by atoms with Crippen LogP contribution >= 0.6 is 0 Å². The molecule has 27 heavy (non-hydrogen) atoms. The normalized spacial score (nSPS) is 12.0. The van der Waals surface area contributed by atoms with Crippen LogP contribution in [0.4, 0.5) is 10.5 Å². The van der Waals surface area contributed by atoms with E-state index in [-0.39, 0.29) is 12.1 Å². The number of aryl methyl sites for hydroxylation is 3. The number of aromatic nitrogens is 6. The molecular formula is C18H24N8O. The molecule has 9 heteroatoms. The van der Waals surface area contributed by atoms with E-state index < -0.39 is 0 Å². The summed E-state index contributed by atoms with van der Waals surface area (Å²) in [5.41, 5.74) is 2.44. The molecule has 142 valence electrons. The lowest BCUT2D eigenvalue weighted by molar-refractivity contribution is 0.247. The molecule has 2 aromatic heterocycles. The Morgan fingerprint density at radius 2 is 2.11 bits per heavy atom. The summed E-state index contributed by atoms with van der Waals surface area (Å²) in [6.45, 7) is 4.02. The topological polar surface area (TPSA) is 103 Å². The quantitative estimate of drug-likeness (QED) is 0.696. The number of urea groups is 1. The second-order valence-corrected chi connectivity index (χ2v) is 6.47. The Kier molecular flexibility index (Phi) is 5.49. The third-order valence-corrected chi connectivity index (χ3v) is 4.31. The van der Waals surface area contributed by atoms with Gasteiger partial charge < -0.3 is 15.2 Å². The Balaban J connectivity index is 1.76. The van der Waals surface area contributed by atoms with Crippen LogP contribution in [0.3, 0.4) is 0 Å². The molecule has 2 heterocycles. The van der Waals surface area contributed by atoms with Crippen LogP contribution in [0, 0.1) is 6.92 Å². The van der Waals surface area contributed by atoms with Crippen LogP contribution in [0.2, 0.25) is 0 Å². The van der Waals surface area contributed by atoms with Crippen LogP contribution in [0.5, 0.6) is 0 Å². The molecule has 1 atom stereocenters. The first-order valence-electron chi connectivity index (χ1n) is 8.87. The van der Waals surface area contributed by atoms with Gasteiger partial charge in [-0.1, -0.05) is 25.5 Å². The van der Waals surface area contributed by atoms with Gasteiger partial charge >= 0.3 is 6.03 Å². The van der Waals surface area contributed by atoms with Crippen molar-refractivity contribution in [3.63, 3.8) is 0 Å². The van der Waals surface area contributed by atoms with Gasteiger partial charge in [0.05, 0.1) is 13.1 Å². The molecule has 9 nitrogen and oxygen atoms in total. The van der Waals surface area contributed by atoms with E-state index in [4.69, 9.17) is 0 Å². The number of benzene rings is 1. The van der Waals surface area contributed by atoms with Gasteiger partial charge in [-0.3, -0.25) is 0 Å². The van der Waals surface area contributed by atoms with E-state index >= 15 is 0 Å². The summed E-state index contributed by atoms with van der Waals surface area (Å²) in [5, 5.41) is 18.0. The minimum atomic E-state index is -0.274. The van der Waals surface area contributed by atoms with Crippen LogP contribution in [0.1, 0.15) is 37.2 Å². The molecule has 0 radical (unpaired) electrons. The van der Waals surface area contributed by atoms with Crippen LogP contribution in [-0.2, 0) is 14.1 Å². The number of nitrogens with zero attached hydrogens (tertiary/aromatic N) is 6. The second kappa shape index (κ2) is 7.98. The number of imidazole rings is 1. The molecule has 3 rings (SSSR count). The summed E-state index contributed by atoms with van der Waals surface area (Å²) >= 11 is 0. The zero-order valence-corrected chi connectivity index (χ0v) is 16.0. The van der Waals surface area contributed by atoms with E-state index in [0.29, 0.717) is 11.5 Å². The smallest absolute Gasteiger partial charge is 0.319 e. The number of amides is 2. The average Bonchev–Trinajstić information content (AvgIpc) is 3.25. The molecule has 0 aliphatic carbocycles. The highest BCUT2D eigenvalue weighted by Gasteiger charge is 2.18. The highest BCUT2D eigenvalue weighted by molar-refractivity contribution is 5.91. The first-order chi connectivity index (χ1) is 13.0. The van der Waals surface area contributed by atoms with Gasteiger partial charge in [-0.2, -0.15) is 4.80 Å². The summed E-state index contributed by atoms with van der Waals surface area (Å²) in [4.78, 5) is 18.4. The van der Waals surface area contributed by atoms with Crippen molar-refractivity contribution in [3.05, 3.63) is 42.0 Å². The molecule has 0 bridgehead atoms. The van der Waals surface area contributed by atoms with E-state index in [0.717, 1.165) is 29.8 Å². The number of tetrazole rings is 1. The third-order valence-electron chi connectivity index (χ3n) is 4.31. The maximum absolute atomic E-state index is 12.6. The number of carbonyl (C=O) groups is 1. The Labute approximate surface area is 157 Å². The standard InChI is InChI=1S/C18H24N8O/c1-5-6-14(17-19-9-10-25(17)3)20-18(27)21-15-11-13(8-7-12(15)2)16-22-24-26(4)23-16/h7-11,14H,5-6H2,1-4H3,(H2,20,21,27)/t14-/m1/s1. The van der Waals surface area contributed by atoms with Gasteiger partial charge in [-0.15, -0.1) is 10.2 Å². The van der Waals surface area contributed by atoms with E-state index in [1.807, 2.05) is 42.9 Å². The summed E-state index contributed by atoms with van der Waals surface area (Å²) < 4.78 is 1.92. The maximum Gasteiger partial charge on any atom is 0.319 e. The lowest BCUT2D eigenvalue weighted by atomic mass is 10.1. The van der Waals surface area contributed by atoms with Crippen molar-refractivity contribution in [1.29, 1.82) is 0 Å². The van der Waals surface area contributed by atoms with Crippen molar-refractivity contribution in [2.75, 3.05) is 5.32 Å². The number of nitrogens with one attached hydrogen (secondary N) is 2. The highest BCUT2D eigenvalue weighted by Crippen LogP contribution is 2.23. The van der Waals surface area contributed by atoms with E-state index in [9.17, 15) is 4.79 Å². The molecule has 3 aromatic rings. The summed E-state index contributed by atoms with van der Waals surface area (Å²) in [5.74, 6) is 1.35. The fourth-order valence-corrected chi connectivity index (χ4v) is 2.88.